The van der Waals surface area contributed by atoms with Crippen LogP contribution in [0.4, 0.5) is 10.7 Å². The Morgan fingerprint density at radius 1 is 1.59 bits per heavy atom. The van der Waals surface area contributed by atoms with E-state index in [1.54, 1.807) is 18.7 Å². The van der Waals surface area contributed by atoms with Gasteiger partial charge in [0.05, 0.1) is 15.5 Å². The standard InChI is InChI=1S/C11H17N3OS2/c1-6(15)9-8(13)10(16-2)11(17-9)14-4-3-7(12)5-14/h7H,3-5,12-13H2,1-2H3. The Kier molecular flexibility index (Phi) is 3.65. The average molecular weight is 271 g/mol. The summed E-state index contributed by atoms with van der Waals surface area (Å²) in [7, 11) is 0. The summed E-state index contributed by atoms with van der Waals surface area (Å²) in [5, 5.41) is 1.10. The second-order valence-corrected chi connectivity index (χ2v) is 6.05. The molecule has 0 radical (unpaired) electrons. The van der Waals surface area contributed by atoms with Crippen LogP contribution in [0.2, 0.25) is 0 Å². The number of hydrogen-bond donors (Lipinski definition) is 2. The molecule has 2 heterocycles. The third-order valence-electron chi connectivity index (χ3n) is 2.92. The SMILES string of the molecule is CSc1c(N2CCC(N)C2)sc(C(C)=O)c1N. The first kappa shape index (κ1) is 12.7. The minimum Gasteiger partial charge on any atom is -0.396 e. The topological polar surface area (TPSA) is 72.3 Å². The van der Waals surface area contributed by atoms with E-state index < -0.39 is 0 Å². The Bertz CT molecular complexity index is 444. The Morgan fingerprint density at radius 3 is 2.76 bits per heavy atom. The number of nitrogens with zero attached hydrogens (tertiary/aromatic N) is 1. The maximum atomic E-state index is 11.5. The Morgan fingerprint density at radius 2 is 2.29 bits per heavy atom. The molecule has 1 aliphatic rings. The van der Waals surface area contributed by atoms with E-state index in [-0.39, 0.29) is 11.8 Å². The predicted molar refractivity (Wildman–Crippen MR) is 75.3 cm³/mol. The van der Waals surface area contributed by atoms with Crippen molar-refractivity contribution in [2.45, 2.75) is 24.3 Å². The van der Waals surface area contributed by atoms with E-state index in [2.05, 4.69) is 4.90 Å². The highest BCUT2D eigenvalue weighted by Crippen LogP contribution is 2.44. The molecule has 17 heavy (non-hydrogen) atoms. The molecule has 1 aliphatic heterocycles. The maximum Gasteiger partial charge on any atom is 0.171 e. The predicted octanol–water partition coefficient (Wildman–Crippen LogP) is 1.79. The van der Waals surface area contributed by atoms with Crippen molar-refractivity contribution in [3.63, 3.8) is 0 Å². The van der Waals surface area contributed by atoms with E-state index in [0.29, 0.717) is 10.6 Å². The van der Waals surface area contributed by atoms with Crippen molar-refractivity contribution >= 4 is 39.6 Å². The number of thioether (sulfide) groups is 1. The van der Waals surface area contributed by atoms with E-state index >= 15 is 0 Å². The fourth-order valence-corrected chi connectivity index (χ4v) is 4.17. The number of carbonyl (C=O) groups is 1. The number of hydrogen-bond acceptors (Lipinski definition) is 6. The first-order valence-corrected chi connectivity index (χ1v) is 7.56. The summed E-state index contributed by atoms with van der Waals surface area (Å²) in [4.78, 5) is 15.4. The van der Waals surface area contributed by atoms with Gasteiger partial charge in [-0.25, -0.2) is 0 Å². The summed E-state index contributed by atoms with van der Waals surface area (Å²) >= 11 is 3.09. The molecule has 1 aromatic heterocycles. The van der Waals surface area contributed by atoms with Crippen molar-refractivity contribution in [2.75, 3.05) is 30.0 Å². The van der Waals surface area contributed by atoms with Gasteiger partial charge in [0.15, 0.2) is 5.78 Å². The minimum absolute atomic E-state index is 0.0394. The zero-order valence-electron chi connectivity index (χ0n) is 10.0. The lowest BCUT2D eigenvalue weighted by Gasteiger charge is -2.17. The zero-order chi connectivity index (χ0) is 12.6. The number of rotatable bonds is 3. The van der Waals surface area contributed by atoms with Crippen LogP contribution >= 0.6 is 23.1 Å². The van der Waals surface area contributed by atoms with Crippen LogP contribution in [-0.2, 0) is 0 Å². The normalized spacial score (nSPS) is 19.9. The second kappa shape index (κ2) is 4.88. The summed E-state index contributed by atoms with van der Waals surface area (Å²) < 4.78 is 0. The van der Waals surface area contributed by atoms with Crippen LogP contribution in [0.3, 0.4) is 0 Å². The fourth-order valence-electron chi connectivity index (χ4n) is 2.06. The van der Waals surface area contributed by atoms with Gasteiger partial charge in [-0.05, 0) is 12.7 Å². The number of Topliss-reactive ketones (excluding diaryl/α,β-unsaturated/α-hetero) is 1. The lowest BCUT2D eigenvalue weighted by molar-refractivity contribution is 0.102. The fraction of sp³-hybridized carbons (Fsp3) is 0.545. The van der Waals surface area contributed by atoms with Crippen molar-refractivity contribution in [3.05, 3.63) is 4.88 Å². The average Bonchev–Trinajstić information content (AvgIpc) is 2.82. The van der Waals surface area contributed by atoms with Crippen LogP contribution in [0, 0.1) is 0 Å². The van der Waals surface area contributed by atoms with Crippen LogP contribution in [0.15, 0.2) is 4.90 Å². The molecule has 0 spiro atoms. The first-order valence-electron chi connectivity index (χ1n) is 5.52. The van der Waals surface area contributed by atoms with E-state index in [1.165, 1.54) is 11.3 Å². The third kappa shape index (κ3) is 2.29. The molecule has 1 saturated heterocycles. The molecule has 1 fully saturated rings. The molecule has 0 bridgehead atoms. The van der Waals surface area contributed by atoms with Gasteiger partial charge in [-0.15, -0.1) is 23.1 Å². The van der Waals surface area contributed by atoms with Crippen molar-refractivity contribution in [1.29, 1.82) is 0 Å². The molecule has 4 nitrogen and oxygen atoms in total. The van der Waals surface area contributed by atoms with Gasteiger partial charge in [-0.2, -0.15) is 0 Å². The van der Waals surface area contributed by atoms with Crippen LogP contribution < -0.4 is 16.4 Å². The molecule has 6 heteroatoms. The lowest BCUT2D eigenvalue weighted by Crippen LogP contribution is -2.26. The summed E-state index contributed by atoms with van der Waals surface area (Å²) in [6.07, 6.45) is 2.99. The van der Waals surface area contributed by atoms with Crippen LogP contribution in [-0.4, -0.2) is 31.2 Å². The quantitative estimate of drug-likeness (QED) is 0.648. The summed E-state index contributed by atoms with van der Waals surface area (Å²) in [6, 6.07) is 0.230. The largest absolute Gasteiger partial charge is 0.396 e. The highest BCUT2D eigenvalue weighted by atomic mass is 32.2. The number of carbonyl (C=O) groups excluding carboxylic acids is 1. The van der Waals surface area contributed by atoms with Crippen molar-refractivity contribution in [3.8, 4) is 0 Å². The third-order valence-corrected chi connectivity index (χ3v) is 5.24. The maximum absolute atomic E-state index is 11.5. The Hall–Kier alpha value is -0.720. The molecule has 0 aromatic carbocycles. The monoisotopic (exact) mass is 271 g/mol. The van der Waals surface area contributed by atoms with Crippen molar-refractivity contribution < 1.29 is 4.79 Å². The number of thiophene rings is 1. The first-order chi connectivity index (χ1) is 8.04. The van der Waals surface area contributed by atoms with Gasteiger partial charge in [0.2, 0.25) is 0 Å². The van der Waals surface area contributed by atoms with E-state index in [4.69, 9.17) is 11.5 Å². The van der Waals surface area contributed by atoms with Gasteiger partial charge >= 0.3 is 0 Å². The molecule has 0 aliphatic carbocycles. The number of anilines is 2. The Balaban J connectivity index is 2.39. The summed E-state index contributed by atoms with van der Waals surface area (Å²) in [6.45, 7) is 3.36. The van der Waals surface area contributed by atoms with Gasteiger partial charge in [0, 0.05) is 26.1 Å². The van der Waals surface area contributed by atoms with Crippen molar-refractivity contribution in [2.24, 2.45) is 5.73 Å². The summed E-state index contributed by atoms with van der Waals surface area (Å²) in [5.41, 5.74) is 12.6. The zero-order valence-corrected chi connectivity index (χ0v) is 11.7. The molecule has 1 atom stereocenters. The number of nitrogens with two attached hydrogens (primary N) is 2. The molecular formula is C11H17N3OS2. The van der Waals surface area contributed by atoms with Crippen molar-refractivity contribution in [1.82, 2.24) is 0 Å². The molecule has 1 aromatic rings. The molecule has 0 saturated carbocycles. The van der Waals surface area contributed by atoms with Crippen LogP contribution in [0.25, 0.3) is 0 Å². The van der Waals surface area contributed by atoms with Gasteiger partial charge in [-0.1, -0.05) is 0 Å². The van der Waals surface area contributed by atoms with E-state index in [9.17, 15) is 4.79 Å². The van der Waals surface area contributed by atoms with Gasteiger partial charge < -0.3 is 16.4 Å². The van der Waals surface area contributed by atoms with Gasteiger partial charge in [-0.3, -0.25) is 4.79 Å². The molecule has 1 unspecified atom stereocenters. The molecular weight excluding hydrogens is 254 g/mol. The van der Waals surface area contributed by atoms with Gasteiger partial charge in [0.25, 0.3) is 0 Å². The number of ketones is 1. The minimum atomic E-state index is 0.0394. The number of nitrogen functional groups attached to an aromatic ring is 1. The molecule has 0 amide bonds. The van der Waals surface area contributed by atoms with E-state index in [1.807, 2.05) is 6.26 Å². The molecule has 4 N–H and O–H groups in total. The summed E-state index contributed by atoms with van der Waals surface area (Å²) in [5.74, 6) is 0.0394. The Labute approximate surface area is 109 Å². The van der Waals surface area contributed by atoms with Crippen LogP contribution in [0.5, 0.6) is 0 Å². The molecule has 94 valence electrons. The second-order valence-electron chi connectivity index (χ2n) is 4.23. The van der Waals surface area contributed by atoms with Crippen LogP contribution in [0.1, 0.15) is 23.0 Å². The highest BCUT2D eigenvalue weighted by molar-refractivity contribution is 7.99. The molecule has 2 rings (SSSR count). The smallest absolute Gasteiger partial charge is 0.171 e. The van der Waals surface area contributed by atoms with Gasteiger partial charge in [0.1, 0.15) is 5.00 Å². The highest BCUT2D eigenvalue weighted by Gasteiger charge is 2.26. The lowest BCUT2D eigenvalue weighted by atomic mass is 10.3. The van der Waals surface area contributed by atoms with E-state index in [0.717, 1.165) is 29.4 Å².